The highest BCUT2D eigenvalue weighted by atomic mass is 28.4. The van der Waals surface area contributed by atoms with E-state index in [1.165, 1.54) is 30.4 Å². The smallest absolute Gasteiger partial charge is 0.185 e. The van der Waals surface area contributed by atoms with Gasteiger partial charge in [0.15, 0.2) is 8.32 Å². The van der Waals surface area contributed by atoms with Crippen LogP contribution in [-0.2, 0) is 9.16 Å². The van der Waals surface area contributed by atoms with Crippen molar-refractivity contribution in [3.63, 3.8) is 0 Å². The van der Waals surface area contributed by atoms with E-state index in [4.69, 9.17) is 9.16 Å². The topological polar surface area (TPSA) is 18.5 Å². The van der Waals surface area contributed by atoms with Gasteiger partial charge in [-0.15, -0.1) is 0 Å². The lowest BCUT2D eigenvalue weighted by Gasteiger charge is -2.35. The van der Waals surface area contributed by atoms with Crippen LogP contribution >= 0.6 is 0 Å². The molecule has 0 aromatic heterocycles. The summed E-state index contributed by atoms with van der Waals surface area (Å²) in [6.45, 7) is 18.4. The number of hydrogen-bond donors (Lipinski definition) is 0. The molecule has 23 heavy (non-hydrogen) atoms. The van der Waals surface area contributed by atoms with Gasteiger partial charge >= 0.3 is 0 Å². The Morgan fingerprint density at radius 1 is 1.22 bits per heavy atom. The third kappa shape index (κ3) is 6.68. The summed E-state index contributed by atoms with van der Waals surface area (Å²) in [6.07, 6.45) is 12.1. The molecule has 0 fully saturated rings. The van der Waals surface area contributed by atoms with Gasteiger partial charge in [-0.1, -0.05) is 25.5 Å². The Bertz CT molecular complexity index is 480. The van der Waals surface area contributed by atoms with E-state index in [0.29, 0.717) is 6.61 Å². The standard InChI is InChI=1S/C20H36O2Si/c1-9-21-16-15-20(5,22-23(6,7)8)14-12-18-17(2)11-10-13-19(18,3)4/h12,14-16H,9-11,13H2,1-8H3/b14-12+,16-15-. The molecule has 0 aromatic rings. The average molecular weight is 337 g/mol. The Morgan fingerprint density at radius 3 is 2.39 bits per heavy atom. The van der Waals surface area contributed by atoms with Gasteiger partial charge in [0, 0.05) is 0 Å². The second-order valence-corrected chi connectivity index (χ2v) is 12.9. The van der Waals surface area contributed by atoms with E-state index < -0.39 is 13.9 Å². The van der Waals surface area contributed by atoms with E-state index in [9.17, 15) is 0 Å². The van der Waals surface area contributed by atoms with Crippen molar-refractivity contribution in [2.45, 2.75) is 79.1 Å². The maximum atomic E-state index is 6.43. The van der Waals surface area contributed by atoms with E-state index in [0.717, 1.165) is 0 Å². The van der Waals surface area contributed by atoms with Crippen molar-refractivity contribution in [2.24, 2.45) is 5.41 Å². The summed E-state index contributed by atoms with van der Waals surface area (Å²) in [5.74, 6) is 0. The summed E-state index contributed by atoms with van der Waals surface area (Å²) < 4.78 is 11.8. The van der Waals surface area contributed by atoms with E-state index in [1.807, 2.05) is 13.0 Å². The molecule has 0 aliphatic heterocycles. The van der Waals surface area contributed by atoms with Gasteiger partial charge in [0.25, 0.3) is 0 Å². The van der Waals surface area contributed by atoms with Crippen molar-refractivity contribution < 1.29 is 9.16 Å². The summed E-state index contributed by atoms with van der Waals surface area (Å²) in [4.78, 5) is 0. The van der Waals surface area contributed by atoms with Crippen molar-refractivity contribution in [2.75, 3.05) is 6.61 Å². The monoisotopic (exact) mass is 336 g/mol. The van der Waals surface area contributed by atoms with Crippen LogP contribution < -0.4 is 0 Å². The van der Waals surface area contributed by atoms with Crippen molar-refractivity contribution >= 4 is 8.32 Å². The number of ether oxygens (including phenoxy) is 1. The second kappa shape index (κ2) is 7.85. The lowest BCUT2D eigenvalue weighted by atomic mass is 9.72. The zero-order valence-corrected chi connectivity index (χ0v) is 17.5. The summed E-state index contributed by atoms with van der Waals surface area (Å²) in [7, 11) is -1.67. The Hall–Kier alpha value is -0.803. The molecule has 1 atom stereocenters. The average Bonchev–Trinajstić information content (AvgIpc) is 2.35. The fraction of sp³-hybridized carbons (Fsp3) is 0.700. The fourth-order valence-corrected chi connectivity index (χ4v) is 4.78. The lowest BCUT2D eigenvalue weighted by Crippen LogP contribution is -2.38. The number of hydrogen-bond acceptors (Lipinski definition) is 2. The van der Waals surface area contributed by atoms with Gasteiger partial charge < -0.3 is 9.16 Å². The molecule has 0 spiro atoms. The quantitative estimate of drug-likeness (QED) is 0.405. The van der Waals surface area contributed by atoms with Crippen LogP contribution in [0, 0.1) is 5.41 Å². The molecule has 2 nitrogen and oxygen atoms in total. The highest BCUT2D eigenvalue weighted by molar-refractivity contribution is 6.69. The van der Waals surface area contributed by atoms with Crippen LogP contribution in [0.4, 0.5) is 0 Å². The summed E-state index contributed by atoms with van der Waals surface area (Å²) in [5, 5.41) is 0. The lowest BCUT2D eigenvalue weighted by molar-refractivity contribution is 0.176. The molecule has 0 bridgehead atoms. The molecule has 0 radical (unpaired) electrons. The third-order valence-corrected chi connectivity index (χ3v) is 5.36. The van der Waals surface area contributed by atoms with E-state index in [1.54, 1.807) is 6.26 Å². The van der Waals surface area contributed by atoms with Crippen LogP contribution in [0.5, 0.6) is 0 Å². The van der Waals surface area contributed by atoms with Gasteiger partial charge in [0.1, 0.15) is 0 Å². The van der Waals surface area contributed by atoms with E-state index in [2.05, 4.69) is 59.5 Å². The fourth-order valence-electron chi connectivity index (χ4n) is 3.32. The van der Waals surface area contributed by atoms with Crippen molar-refractivity contribution in [1.82, 2.24) is 0 Å². The largest absolute Gasteiger partial charge is 0.502 e. The van der Waals surface area contributed by atoms with Crippen molar-refractivity contribution in [3.8, 4) is 0 Å². The van der Waals surface area contributed by atoms with Gasteiger partial charge in [0.2, 0.25) is 0 Å². The molecule has 3 heteroatoms. The predicted octanol–water partition coefficient (Wildman–Crippen LogP) is 6.23. The molecular formula is C20H36O2Si. The van der Waals surface area contributed by atoms with Gasteiger partial charge in [-0.2, -0.15) is 0 Å². The van der Waals surface area contributed by atoms with Crippen LogP contribution in [0.2, 0.25) is 19.6 Å². The van der Waals surface area contributed by atoms with Crippen LogP contribution in [0.25, 0.3) is 0 Å². The van der Waals surface area contributed by atoms with Crippen molar-refractivity contribution in [3.05, 3.63) is 35.6 Å². The first-order valence-corrected chi connectivity index (χ1v) is 12.3. The Kier molecular flexibility index (Phi) is 6.91. The molecule has 0 aromatic carbocycles. The molecule has 0 saturated heterocycles. The predicted molar refractivity (Wildman–Crippen MR) is 103 cm³/mol. The van der Waals surface area contributed by atoms with Gasteiger partial charge in [-0.3, -0.25) is 0 Å². The summed E-state index contributed by atoms with van der Waals surface area (Å²) in [6, 6.07) is 0. The highest BCUT2D eigenvalue weighted by Gasteiger charge is 2.30. The second-order valence-electron chi connectivity index (χ2n) is 8.42. The Balaban J connectivity index is 3.08. The molecule has 0 saturated carbocycles. The molecule has 132 valence electrons. The minimum absolute atomic E-state index is 0.253. The summed E-state index contributed by atoms with van der Waals surface area (Å²) in [5.41, 5.74) is 2.82. The first kappa shape index (κ1) is 20.2. The molecule has 1 aliphatic rings. The minimum atomic E-state index is -1.67. The molecule has 0 heterocycles. The number of rotatable bonds is 7. The molecule has 0 N–H and O–H groups in total. The zero-order chi connectivity index (χ0) is 17.7. The van der Waals surface area contributed by atoms with Crippen LogP contribution in [0.1, 0.15) is 53.9 Å². The first-order valence-electron chi connectivity index (χ1n) is 8.88. The Morgan fingerprint density at radius 2 is 1.87 bits per heavy atom. The normalized spacial score (nSPS) is 21.9. The number of allylic oxidation sites excluding steroid dienone is 3. The van der Waals surface area contributed by atoms with E-state index in [-0.39, 0.29) is 5.41 Å². The summed E-state index contributed by atoms with van der Waals surface area (Å²) >= 11 is 0. The first-order chi connectivity index (χ1) is 10.5. The molecule has 1 rings (SSSR count). The maximum Gasteiger partial charge on any atom is 0.185 e. The molecule has 1 unspecified atom stereocenters. The third-order valence-electron chi connectivity index (χ3n) is 4.31. The van der Waals surface area contributed by atoms with Gasteiger partial charge in [-0.25, -0.2) is 0 Å². The molecule has 1 aliphatic carbocycles. The van der Waals surface area contributed by atoms with Gasteiger partial charge in [0.05, 0.1) is 18.5 Å². The van der Waals surface area contributed by atoms with Crippen LogP contribution in [0.3, 0.4) is 0 Å². The molecule has 0 amide bonds. The van der Waals surface area contributed by atoms with Crippen LogP contribution in [0.15, 0.2) is 35.6 Å². The Labute approximate surface area is 144 Å². The minimum Gasteiger partial charge on any atom is -0.502 e. The zero-order valence-electron chi connectivity index (χ0n) is 16.5. The van der Waals surface area contributed by atoms with Gasteiger partial charge in [-0.05, 0) is 82.8 Å². The molecular weight excluding hydrogens is 300 g/mol. The van der Waals surface area contributed by atoms with Crippen LogP contribution in [-0.4, -0.2) is 20.5 Å². The van der Waals surface area contributed by atoms with E-state index >= 15 is 0 Å². The SMILES string of the molecule is CCO/C=C\C(C)(/C=C/C1=C(C)CCCC1(C)C)O[Si](C)(C)C. The van der Waals surface area contributed by atoms with Crippen molar-refractivity contribution in [1.29, 1.82) is 0 Å². The highest BCUT2D eigenvalue weighted by Crippen LogP contribution is 2.41. The maximum absolute atomic E-state index is 6.43.